The Bertz CT molecular complexity index is 573. The van der Waals surface area contributed by atoms with Gasteiger partial charge in [0.2, 0.25) is 11.8 Å². The molecule has 1 saturated heterocycles. The van der Waals surface area contributed by atoms with Crippen molar-refractivity contribution in [3.8, 4) is 0 Å². The molecule has 0 saturated carbocycles. The topological polar surface area (TPSA) is 91.4 Å². The molecule has 2 N–H and O–H groups in total. The van der Waals surface area contributed by atoms with E-state index in [-0.39, 0.29) is 12.5 Å². The molecule has 1 aromatic heterocycles. The van der Waals surface area contributed by atoms with Gasteiger partial charge in [0.1, 0.15) is 12.6 Å². The molecule has 2 rings (SSSR count). The summed E-state index contributed by atoms with van der Waals surface area (Å²) in [4.78, 5) is 41.0. The van der Waals surface area contributed by atoms with Gasteiger partial charge in [0.05, 0.1) is 17.4 Å². The zero-order valence-electron chi connectivity index (χ0n) is 12.0. The summed E-state index contributed by atoms with van der Waals surface area (Å²) < 4.78 is 0. The highest BCUT2D eigenvalue weighted by atomic mass is 16.2. The molecule has 21 heavy (non-hydrogen) atoms. The lowest BCUT2D eigenvalue weighted by Crippen LogP contribution is -2.58. The van der Waals surface area contributed by atoms with Crippen LogP contribution >= 0.6 is 0 Å². The highest BCUT2D eigenvalue weighted by molar-refractivity contribution is 6.08. The SMILES string of the molecule is CCCNc1cnccc1C(=O)N1CC(=O)NC(=O)C1C. The first-order chi connectivity index (χ1) is 10.0. The van der Waals surface area contributed by atoms with E-state index in [4.69, 9.17) is 0 Å². The standard InChI is InChI=1S/C14H18N4O3/c1-3-5-16-11-7-15-6-4-10(11)14(21)18-8-12(19)17-13(20)9(18)2/h4,6-7,9,16H,3,5,8H2,1-2H3,(H,17,19,20). The third-order valence-electron chi connectivity index (χ3n) is 3.30. The number of piperazine rings is 1. The number of nitrogens with zero attached hydrogens (tertiary/aromatic N) is 2. The van der Waals surface area contributed by atoms with Crippen molar-refractivity contribution in [3.63, 3.8) is 0 Å². The number of carbonyl (C=O) groups excluding carboxylic acids is 3. The summed E-state index contributed by atoms with van der Waals surface area (Å²) >= 11 is 0. The van der Waals surface area contributed by atoms with E-state index in [1.807, 2.05) is 6.92 Å². The van der Waals surface area contributed by atoms with Gasteiger partial charge in [-0.25, -0.2) is 0 Å². The van der Waals surface area contributed by atoms with Crippen molar-refractivity contribution in [2.45, 2.75) is 26.3 Å². The summed E-state index contributed by atoms with van der Waals surface area (Å²) in [5, 5.41) is 5.34. The van der Waals surface area contributed by atoms with Crippen LogP contribution in [0, 0.1) is 0 Å². The minimum Gasteiger partial charge on any atom is -0.383 e. The van der Waals surface area contributed by atoms with E-state index < -0.39 is 17.9 Å². The molecule has 7 nitrogen and oxygen atoms in total. The van der Waals surface area contributed by atoms with Gasteiger partial charge in [0, 0.05) is 12.7 Å². The average molecular weight is 290 g/mol. The molecule has 112 valence electrons. The number of amides is 3. The second-order valence-corrected chi connectivity index (χ2v) is 4.87. The van der Waals surface area contributed by atoms with Gasteiger partial charge in [0.15, 0.2) is 0 Å². The Labute approximate surface area is 122 Å². The monoisotopic (exact) mass is 290 g/mol. The largest absolute Gasteiger partial charge is 0.383 e. The van der Waals surface area contributed by atoms with Crippen LogP contribution in [0.4, 0.5) is 5.69 Å². The Balaban J connectivity index is 2.26. The van der Waals surface area contributed by atoms with Crippen LogP contribution in [0.1, 0.15) is 30.6 Å². The fourth-order valence-corrected chi connectivity index (χ4v) is 2.10. The maximum Gasteiger partial charge on any atom is 0.257 e. The second-order valence-electron chi connectivity index (χ2n) is 4.87. The smallest absolute Gasteiger partial charge is 0.257 e. The molecule has 2 heterocycles. The van der Waals surface area contributed by atoms with Crippen LogP contribution in [0.3, 0.4) is 0 Å². The Hall–Kier alpha value is -2.44. The first-order valence-corrected chi connectivity index (χ1v) is 6.87. The van der Waals surface area contributed by atoms with Gasteiger partial charge >= 0.3 is 0 Å². The highest BCUT2D eigenvalue weighted by Crippen LogP contribution is 2.18. The van der Waals surface area contributed by atoms with Gasteiger partial charge in [-0.05, 0) is 19.4 Å². The number of imide groups is 1. The summed E-state index contributed by atoms with van der Waals surface area (Å²) in [6, 6.07) is 0.909. The molecule has 0 aliphatic carbocycles. The third-order valence-corrected chi connectivity index (χ3v) is 3.30. The third kappa shape index (κ3) is 3.18. The predicted molar refractivity (Wildman–Crippen MR) is 76.7 cm³/mol. The first kappa shape index (κ1) is 15.0. The van der Waals surface area contributed by atoms with Crippen LogP contribution in [0.25, 0.3) is 0 Å². The molecule has 1 unspecified atom stereocenters. The van der Waals surface area contributed by atoms with E-state index in [2.05, 4.69) is 15.6 Å². The molecule has 1 aromatic rings. The van der Waals surface area contributed by atoms with E-state index in [1.54, 1.807) is 19.2 Å². The highest BCUT2D eigenvalue weighted by Gasteiger charge is 2.34. The van der Waals surface area contributed by atoms with E-state index in [0.29, 0.717) is 17.8 Å². The van der Waals surface area contributed by atoms with Crippen LogP contribution in [0.2, 0.25) is 0 Å². The number of hydrogen-bond acceptors (Lipinski definition) is 5. The molecule has 1 aliphatic heterocycles. The Morgan fingerprint density at radius 3 is 3.00 bits per heavy atom. The summed E-state index contributed by atoms with van der Waals surface area (Å²) in [6.45, 7) is 4.20. The molecule has 0 aromatic carbocycles. The van der Waals surface area contributed by atoms with E-state index >= 15 is 0 Å². The van der Waals surface area contributed by atoms with Gasteiger partial charge in [-0.15, -0.1) is 0 Å². The maximum absolute atomic E-state index is 12.6. The molecular weight excluding hydrogens is 272 g/mol. The van der Waals surface area contributed by atoms with E-state index in [1.165, 1.54) is 11.1 Å². The molecule has 1 atom stereocenters. The van der Waals surface area contributed by atoms with E-state index in [9.17, 15) is 14.4 Å². The van der Waals surface area contributed by atoms with Crippen LogP contribution < -0.4 is 10.6 Å². The fraction of sp³-hybridized carbons (Fsp3) is 0.429. The van der Waals surface area contributed by atoms with Crippen LogP contribution in [-0.2, 0) is 9.59 Å². The first-order valence-electron chi connectivity index (χ1n) is 6.87. The quantitative estimate of drug-likeness (QED) is 0.783. The molecule has 0 bridgehead atoms. The van der Waals surface area contributed by atoms with Crippen molar-refractivity contribution in [1.29, 1.82) is 0 Å². The lowest BCUT2D eigenvalue weighted by molar-refractivity contribution is -0.138. The number of carbonyl (C=O) groups is 3. The number of aromatic nitrogens is 1. The number of anilines is 1. The number of nitrogens with one attached hydrogen (secondary N) is 2. The number of rotatable bonds is 4. The molecule has 0 radical (unpaired) electrons. The molecule has 7 heteroatoms. The molecular formula is C14H18N4O3. The molecule has 0 spiro atoms. The van der Waals surface area contributed by atoms with Gasteiger partial charge in [-0.1, -0.05) is 6.92 Å². The Morgan fingerprint density at radius 1 is 1.52 bits per heavy atom. The average Bonchev–Trinajstić information content (AvgIpc) is 2.48. The zero-order valence-corrected chi connectivity index (χ0v) is 12.0. The van der Waals surface area contributed by atoms with Crippen molar-refractivity contribution in [3.05, 3.63) is 24.0 Å². The number of pyridine rings is 1. The molecule has 1 fully saturated rings. The van der Waals surface area contributed by atoms with Gasteiger partial charge < -0.3 is 10.2 Å². The van der Waals surface area contributed by atoms with Crippen molar-refractivity contribution in [2.75, 3.05) is 18.4 Å². The Kier molecular flexibility index (Phi) is 4.52. The van der Waals surface area contributed by atoms with Gasteiger partial charge in [-0.2, -0.15) is 0 Å². The molecule has 3 amide bonds. The minimum atomic E-state index is -0.678. The lowest BCUT2D eigenvalue weighted by Gasteiger charge is -2.32. The van der Waals surface area contributed by atoms with Crippen LogP contribution in [-0.4, -0.2) is 46.7 Å². The fourth-order valence-electron chi connectivity index (χ4n) is 2.10. The second kappa shape index (κ2) is 6.34. The van der Waals surface area contributed by atoms with Crippen molar-refractivity contribution < 1.29 is 14.4 Å². The van der Waals surface area contributed by atoms with Crippen LogP contribution in [0.5, 0.6) is 0 Å². The number of hydrogen-bond donors (Lipinski definition) is 2. The van der Waals surface area contributed by atoms with E-state index in [0.717, 1.165) is 6.42 Å². The summed E-state index contributed by atoms with van der Waals surface area (Å²) in [5.74, 6) is -1.29. The maximum atomic E-state index is 12.6. The van der Waals surface area contributed by atoms with Gasteiger partial charge in [-0.3, -0.25) is 24.7 Å². The summed E-state index contributed by atoms with van der Waals surface area (Å²) in [5.41, 5.74) is 1.02. The minimum absolute atomic E-state index is 0.124. The van der Waals surface area contributed by atoms with Gasteiger partial charge in [0.25, 0.3) is 5.91 Å². The lowest BCUT2D eigenvalue weighted by atomic mass is 10.1. The Morgan fingerprint density at radius 2 is 2.29 bits per heavy atom. The van der Waals surface area contributed by atoms with Crippen LogP contribution in [0.15, 0.2) is 18.5 Å². The zero-order chi connectivity index (χ0) is 15.4. The summed E-state index contributed by atoms with van der Waals surface area (Å²) in [6.07, 6.45) is 3.99. The summed E-state index contributed by atoms with van der Waals surface area (Å²) in [7, 11) is 0. The van der Waals surface area contributed by atoms with Crippen molar-refractivity contribution >= 4 is 23.4 Å². The molecule has 1 aliphatic rings. The normalized spacial score (nSPS) is 18.4. The van der Waals surface area contributed by atoms with Crippen molar-refractivity contribution in [1.82, 2.24) is 15.2 Å². The van der Waals surface area contributed by atoms with Crippen molar-refractivity contribution in [2.24, 2.45) is 0 Å². The predicted octanol–water partition coefficient (Wildman–Crippen LogP) is 0.391.